The number of nitrogens with one attached hydrogen (secondary N) is 2. The molecule has 0 unspecified atom stereocenters. The Bertz CT molecular complexity index is 987. The molecule has 0 spiro atoms. The maximum Gasteiger partial charge on any atom is 0.229 e. The number of nitrogens with zero attached hydrogens (tertiary/aromatic N) is 2. The molecule has 2 aromatic carbocycles. The number of aromatic nitrogens is 2. The predicted molar refractivity (Wildman–Crippen MR) is 109 cm³/mol. The van der Waals surface area contributed by atoms with Crippen molar-refractivity contribution < 1.29 is 9.15 Å². The quantitative estimate of drug-likeness (QED) is 0.453. The highest BCUT2D eigenvalue weighted by Crippen LogP contribution is 2.20. The summed E-state index contributed by atoms with van der Waals surface area (Å²) < 4.78 is 11.1. The zero-order valence-corrected chi connectivity index (χ0v) is 15.2. The lowest BCUT2D eigenvalue weighted by molar-refractivity contribution is 0.306. The van der Waals surface area contributed by atoms with Crippen molar-refractivity contribution in [3.63, 3.8) is 0 Å². The summed E-state index contributed by atoms with van der Waals surface area (Å²) in [6.07, 6.45) is 3.36. The van der Waals surface area contributed by atoms with Crippen LogP contribution in [0.15, 0.2) is 89.7 Å². The summed E-state index contributed by atoms with van der Waals surface area (Å²) in [5, 5.41) is 6.41. The van der Waals surface area contributed by atoms with Crippen LogP contribution in [0.4, 0.5) is 17.5 Å². The minimum atomic E-state index is 0.516. The van der Waals surface area contributed by atoms with Crippen LogP contribution in [-0.2, 0) is 13.2 Å². The van der Waals surface area contributed by atoms with Gasteiger partial charge in [-0.05, 0) is 48.0 Å². The molecule has 0 aliphatic heterocycles. The van der Waals surface area contributed by atoms with Crippen molar-refractivity contribution in [1.29, 1.82) is 0 Å². The van der Waals surface area contributed by atoms with Crippen molar-refractivity contribution in [1.82, 2.24) is 9.97 Å². The second kappa shape index (κ2) is 8.73. The maximum absolute atomic E-state index is 5.81. The molecule has 0 fully saturated rings. The summed E-state index contributed by atoms with van der Waals surface area (Å²) in [6.45, 7) is 1.11. The van der Waals surface area contributed by atoms with Crippen molar-refractivity contribution in [2.45, 2.75) is 13.2 Å². The van der Waals surface area contributed by atoms with Gasteiger partial charge in [0.25, 0.3) is 0 Å². The molecule has 28 heavy (non-hydrogen) atoms. The summed E-state index contributed by atoms with van der Waals surface area (Å²) in [4.78, 5) is 8.72. The van der Waals surface area contributed by atoms with Crippen LogP contribution in [0.25, 0.3) is 0 Å². The number of ether oxygens (including phenoxy) is 1. The molecular formula is C22H20N4O2. The molecule has 0 bridgehead atoms. The van der Waals surface area contributed by atoms with Crippen LogP contribution in [0, 0.1) is 0 Å². The molecule has 2 N–H and O–H groups in total. The molecule has 6 nitrogen and oxygen atoms in total. The first kappa shape index (κ1) is 17.6. The maximum atomic E-state index is 5.81. The number of hydrogen-bond donors (Lipinski definition) is 2. The van der Waals surface area contributed by atoms with E-state index in [1.165, 1.54) is 0 Å². The summed E-state index contributed by atoms with van der Waals surface area (Å²) >= 11 is 0. The fourth-order valence-electron chi connectivity index (χ4n) is 2.61. The van der Waals surface area contributed by atoms with Crippen molar-refractivity contribution in [2.75, 3.05) is 10.6 Å². The van der Waals surface area contributed by atoms with Gasteiger partial charge in [-0.2, -0.15) is 4.98 Å². The van der Waals surface area contributed by atoms with Gasteiger partial charge in [0.15, 0.2) is 0 Å². The van der Waals surface area contributed by atoms with E-state index in [1.807, 2.05) is 72.8 Å². The van der Waals surface area contributed by atoms with E-state index in [1.54, 1.807) is 12.5 Å². The standard InChI is InChI=1S/C22H20N4O2/c1-2-5-17(6-3-1)16-28-19-10-8-18(9-11-19)25-22-23-13-12-21(26-22)24-15-20-7-4-14-27-20/h1-14H,15-16H2,(H2,23,24,25,26). The molecule has 4 rings (SSSR count). The van der Waals surface area contributed by atoms with Gasteiger partial charge in [-0.3, -0.25) is 0 Å². The number of furan rings is 1. The van der Waals surface area contributed by atoms with Crippen molar-refractivity contribution in [3.8, 4) is 5.75 Å². The van der Waals surface area contributed by atoms with Gasteiger partial charge in [0.05, 0.1) is 12.8 Å². The van der Waals surface area contributed by atoms with Gasteiger partial charge < -0.3 is 19.8 Å². The van der Waals surface area contributed by atoms with Crippen molar-refractivity contribution in [2.24, 2.45) is 0 Å². The Kier molecular flexibility index (Phi) is 5.49. The number of rotatable bonds is 8. The van der Waals surface area contributed by atoms with Gasteiger partial charge in [-0.15, -0.1) is 0 Å². The van der Waals surface area contributed by atoms with E-state index in [0.29, 0.717) is 19.1 Å². The Morgan fingerprint density at radius 3 is 2.54 bits per heavy atom. The average molecular weight is 372 g/mol. The normalized spacial score (nSPS) is 10.4. The molecule has 0 saturated carbocycles. The topological polar surface area (TPSA) is 72.2 Å². The monoisotopic (exact) mass is 372 g/mol. The van der Waals surface area contributed by atoms with Crippen LogP contribution in [0.1, 0.15) is 11.3 Å². The molecule has 0 amide bonds. The zero-order chi connectivity index (χ0) is 19.0. The van der Waals surface area contributed by atoms with Gasteiger partial charge in [0.2, 0.25) is 5.95 Å². The third-order valence-corrected chi connectivity index (χ3v) is 4.04. The molecule has 0 radical (unpaired) electrons. The minimum Gasteiger partial charge on any atom is -0.489 e. The van der Waals surface area contributed by atoms with E-state index in [4.69, 9.17) is 9.15 Å². The first-order chi connectivity index (χ1) is 13.8. The lowest BCUT2D eigenvalue weighted by Gasteiger charge is -2.09. The Balaban J connectivity index is 1.33. The molecule has 2 aromatic heterocycles. The molecule has 0 saturated heterocycles. The lowest BCUT2D eigenvalue weighted by Crippen LogP contribution is -2.03. The van der Waals surface area contributed by atoms with Crippen molar-refractivity contribution >= 4 is 17.5 Å². The Labute approximate surface area is 163 Å². The first-order valence-electron chi connectivity index (χ1n) is 8.98. The summed E-state index contributed by atoms with van der Waals surface area (Å²) in [6, 6.07) is 23.4. The highest BCUT2D eigenvalue weighted by Gasteiger charge is 2.02. The lowest BCUT2D eigenvalue weighted by atomic mass is 10.2. The Morgan fingerprint density at radius 1 is 0.893 bits per heavy atom. The van der Waals surface area contributed by atoms with Crippen molar-refractivity contribution in [3.05, 3.63) is 96.6 Å². The van der Waals surface area contributed by atoms with E-state index in [-0.39, 0.29) is 0 Å². The first-order valence-corrected chi connectivity index (χ1v) is 8.98. The summed E-state index contributed by atoms with van der Waals surface area (Å²) in [5.74, 6) is 2.89. The minimum absolute atomic E-state index is 0.516. The molecule has 2 heterocycles. The highest BCUT2D eigenvalue weighted by atomic mass is 16.5. The number of hydrogen-bond acceptors (Lipinski definition) is 6. The third-order valence-electron chi connectivity index (χ3n) is 4.04. The van der Waals surface area contributed by atoms with Gasteiger partial charge in [-0.1, -0.05) is 30.3 Å². The second-order valence-electron chi connectivity index (χ2n) is 6.12. The molecule has 0 atom stereocenters. The molecular weight excluding hydrogens is 352 g/mol. The molecule has 140 valence electrons. The largest absolute Gasteiger partial charge is 0.489 e. The van der Waals surface area contributed by atoms with Crippen LogP contribution in [0.3, 0.4) is 0 Å². The van der Waals surface area contributed by atoms with E-state index in [0.717, 1.165) is 28.6 Å². The van der Waals surface area contributed by atoms with Gasteiger partial charge in [0, 0.05) is 11.9 Å². The third kappa shape index (κ3) is 4.88. The smallest absolute Gasteiger partial charge is 0.229 e. The van der Waals surface area contributed by atoms with Gasteiger partial charge in [-0.25, -0.2) is 4.98 Å². The fraction of sp³-hybridized carbons (Fsp3) is 0.0909. The highest BCUT2D eigenvalue weighted by molar-refractivity contribution is 5.55. The predicted octanol–water partition coefficient (Wildman–Crippen LogP) is 5.00. The van der Waals surface area contributed by atoms with Gasteiger partial charge >= 0.3 is 0 Å². The molecule has 0 aliphatic carbocycles. The van der Waals surface area contributed by atoms with Crippen LogP contribution >= 0.6 is 0 Å². The second-order valence-corrected chi connectivity index (χ2v) is 6.12. The Morgan fingerprint density at radius 2 is 1.75 bits per heavy atom. The van der Waals surface area contributed by atoms with E-state index in [9.17, 15) is 0 Å². The van der Waals surface area contributed by atoms with Crippen LogP contribution in [0.2, 0.25) is 0 Å². The molecule has 0 aliphatic rings. The van der Waals surface area contributed by atoms with E-state index < -0.39 is 0 Å². The fourth-order valence-corrected chi connectivity index (χ4v) is 2.61. The molecule has 6 heteroatoms. The van der Waals surface area contributed by atoms with Gasteiger partial charge in [0.1, 0.15) is 23.9 Å². The number of benzene rings is 2. The molecule has 4 aromatic rings. The van der Waals surface area contributed by atoms with Crippen LogP contribution in [-0.4, -0.2) is 9.97 Å². The number of anilines is 3. The zero-order valence-electron chi connectivity index (χ0n) is 15.2. The van der Waals surface area contributed by atoms with Crippen LogP contribution < -0.4 is 15.4 Å². The Hall–Kier alpha value is -3.80. The van der Waals surface area contributed by atoms with E-state index in [2.05, 4.69) is 20.6 Å². The van der Waals surface area contributed by atoms with E-state index >= 15 is 0 Å². The summed E-state index contributed by atoms with van der Waals surface area (Å²) in [7, 11) is 0. The average Bonchev–Trinajstić information content (AvgIpc) is 3.27. The SMILES string of the molecule is c1ccc(COc2ccc(Nc3nccc(NCc4ccco4)n3)cc2)cc1. The van der Waals surface area contributed by atoms with Crippen LogP contribution in [0.5, 0.6) is 5.75 Å². The summed E-state index contributed by atoms with van der Waals surface area (Å²) in [5.41, 5.74) is 2.02.